The van der Waals surface area contributed by atoms with Crippen LogP contribution in [-0.4, -0.2) is 41.0 Å². The van der Waals surface area contributed by atoms with E-state index in [1.807, 2.05) is 18.2 Å². The summed E-state index contributed by atoms with van der Waals surface area (Å²) in [6.07, 6.45) is 1.15. The van der Waals surface area contributed by atoms with E-state index in [-0.39, 0.29) is 0 Å². The second kappa shape index (κ2) is 7.76. The van der Waals surface area contributed by atoms with Gasteiger partial charge < -0.3 is 15.0 Å². The Morgan fingerprint density at radius 2 is 1.76 bits per heavy atom. The lowest BCUT2D eigenvalue weighted by Crippen LogP contribution is -2.36. The van der Waals surface area contributed by atoms with Crippen LogP contribution in [0.2, 0.25) is 0 Å². The number of hydrogen-bond acceptors (Lipinski definition) is 5. The minimum absolute atomic E-state index is 0.574. The van der Waals surface area contributed by atoms with Crippen LogP contribution >= 0.6 is 0 Å². The van der Waals surface area contributed by atoms with Crippen LogP contribution in [0.25, 0.3) is 0 Å². The van der Waals surface area contributed by atoms with E-state index in [1.165, 1.54) is 5.69 Å². The fourth-order valence-corrected chi connectivity index (χ4v) is 3.33. The maximum atomic E-state index is 11.3. The molecule has 2 N–H and O–H groups in total. The lowest BCUT2D eigenvalue weighted by atomic mass is 10.2. The van der Waals surface area contributed by atoms with Crippen LogP contribution < -0.4 is 14.9 Å². The molecule has 7 heteroatoms. The Bertz CT molecular complexity index is 801. The Labute approximate surface area is 148 Å². The molecule has 1 aliphatic heterocycles. The van der Waals surface area contributed by atoms with Crippen molar-refractivity contribution < 1.29 is 13.2 Å². The molecule has 0 aromatic heterocycles. The SMILES string of the molecule is CS(=O)(=O)Nc1cccc(CNc2ccc(N3CCOCC3)cc2)c1. The molecule has 0 unspecified atom stereocenters. The van der Waals surface area contributed by atoms with Gasteiger partial charge in [0.15, 0.2) is 0 Å². The van der Waals surface area contributed by atoms with Crippen LogP contribution in [0.3, 0.4) is 0 Å². The zero-order valence-corrected chi connectivity index (χ0v) is 15.1. The van der Waals surface area contributed by atoms with Crippen LogP contribution in [-0.2, 0) is 21.3 Å². The summed E-state index contributed by atoms with van der Waals surface area (Å²) in [5, 5.41) is 3.36. The Hall–Kier alpha value is -2.25. The van der Waals surface area contributed by atoms with Crippen molar-refractivity contribution in [3.63, 3.8) is 0 Å². The lowest BCUT2D eigenvalue weighted by molar-refractivity contribution is 0.122. The lowest BCUT2D eigenvalue weighted by Gasteiger charge is -2.28. The third-order valence-corrected chi connectivity index (χ3v) is 4.58. The van der Waals surface area contributed by atoms with Crippen molar-refractivity contribution in [3.8, 4) is 0 Å². The predicted molar refractivity (Wildman–Crippen MR) is 102 cm³/mol. The van der Waals surface area contributed by atoms with Gasteiger partial charge in [0.2, 0.25) is 10.0 Å². The smallest absolute Gasteiger partial charge is 0.229 e. The molecule has 0 saturated carbocycles. The number of hydrogen-bond donors (Lipinski definition) is 2. The Morgan fingerprint density at radius 3 is 2.44 bits per heavy atom. The highest BCUT2D eigenvalue weighted by Crippen LogP contribution is 2.20. The minimum Gasteiger partial charge on any atom is -0.381 e. The molecule has 0 atom stereocenters. The summed E-state index contributed by atoms with van der Waals surface area (Å²) in [7, 11) is -3.26. The van der Waals surface area contributed by atoms with E-state index in [0.717, 1.165) is 43.8 Å². The van der Waals surface area contributed by atoms with E-state index in [2.05, 4.69) is 39.2 Å². The average molecular weight is 361 g/mol. The summed E-state index contributed by atoms with van der Waals surface area (Å²) in [4.78, 5) is 2.31. The highest BCUT2D eigenvalue weighted by molar-refractivity contribution is 7.92. The molecule has 6 nitrogen and oxygen atoms in total. The number of morpholine rings is 1. The second-order valence-electron chi connectivity index (χ2n) is 6.07. The van der Waals surface area contributed by atoms with Gasteiger partial charge in [-0.15, -0.1) is 0 Å². The van der Waals surface area contributed by atoms with Crippen molar-refractivity contribution in [2.45, 2.75) is 6.54 Å². The largest absolute Gasteiger partial charge is 0.381 e. The van der Waals surface area contributed by atoms with Crippen molar-refractivity contribution in [1.82, 2.24) is 0 Å². The number of nitrogens with one attached hydrogen (secondary N) is 2. The fraction of sp³-hybridized carbons (Fsp3) is 0.333. The number of sulfonamides is 1. The number of ether oxygens (including phenoxy) is 1. The van der Waals surface area contributed by atoms with Crippen LogP contribution in [0.4, 0.5) is 17.1 Å². The van der Waals surface area contributed by atoms with Crippen molar-refractivity contribution in [1.29, 1.82) is 0 Å². The van der Waals surface area contributed by atoms with Gasteiger partial charge in [0.1, 0.15) is 0 Å². The van der Waals surface area contributed by atoms with Gasteiger partial charge in [-0.2, -0.15) is 0 Å². The first kappa shape index (κ1) is 17.6. The molecule has 134 valence electrons. The Morgan fingerprint density at radius 1 is 1.04 bits per heavy atom. The number of anilines is 3. The average Bonchev–Trinajstić information content (AvgIpc) is 2.60. The molecule has 25 heavy (non-hydrogen) atoms. The maximum Gasteiger partial charge on any atom is 0.229 e. The summed E-state index contributed by atoms with van der Waals surface area (Å²) in [5.41, 5.74) is 3.81. The topological polar surface area (TPSA) is 70.7 Å². The molecular weight excluding hydrogens is 338 g/mol. The molecule has 1 fully saturated rings. The van der Waals surface area contributed by atoms with E-state index in [4.69, 9.17) is 4.74 Å². The van der Waals surface area contributed by atoms with E-state index >= 15 is 0 Å². The third-order valence-electron chi connectivity index (χ3n) is 3.97. The van der Waals surface area contributed by atoms with Crippen molar-refractivity contribution in [2.24, 2.45) is 0 Å². The van der Waals surface area contributed by atoms with Gasteiger partial charge in [0.25, 0.3) is 0 Å². The molecule has 0 amide bonds. The Balaban J connectivity index is 1.59. The van der Waals surface area contributed by atoms with Crippen molar-refractivity contribution in [3.05, 3.63) is 54.1 Å². The van der Waals surface area contributed by atoms with Gasteiger partial charge in [-0.3, -0.25) is 4.72 Å². The third kappa shape index (κ3) is 5.37. The molecule has 0 aliphatic carbocycles. The molecule has 2 aromatic rings. The highest BCUT2D eigenvalue weighted by Gasteiger charge is 2.10. The van der Waals surface area contributed by atoms with Gasteiger partial charge in [-0.25, -0.2) is 8.42 Å². The second-order valence-corrected chi connectivity index (χ2v) is 7.82. The zero-order chi connectivity index (χ0) is 17.7. The van der Waals surface area contributed by atoms with Gasteiger partial charge in [-0.05, 0) is 42.0 Å². The first-order chi connectivity index (χ1) is 12.0. The Kier molecular flexibility index (Phi) is 5.45. The minimum atomic E-state index is -3.26. The van der Waals surface area contributed by atoms with Crippen LogP contribution in [0.5, 0.6) is 0 Å². The monoisotopic (exact) mass is 361 g/mol. The van der Waals surface area contributed by atoms with E-state index in [0.29, 0.717) is 12.2 Å². The van der Waals surface area contributed by atoms with E-state index < -0.39 is 10.0 Å². The van der Waals surface area contributed by atoms with E-state index in [9.17, 15) is 8.42 Å². The quantitative estimate of drug-likeness (QED) is 0.827. The van der Waals surface area contributed by atoms with Crippen molar-refractivity contribution >= 4 is 27.1 Å². The first-order valence-electron chi connectivity index (χ1n) is 8.23. The predicted octanol–water partition coefficient (Wildman–Crippen LogP) is 2.51. The summed E-state index contributed by atoms with van der Waals surface area (Å²) < 4.78 is 30.5. The molecule has 1 saturated heterocycles. The molecule has 3 rings (SSSR count). The molecule has 0 bridgehead atoms. The standard InChI is InChI=1S/C18H23N3O3S/c1-25(22,23)20-17-4-2-3-15(13-17)14-19-16-5-7-18(8-6-16)21-9-11-24-12-10-21/h2-8,13,19-20H,9-12,14H2,1H3. The summed E-state index contributed by atoms with van der Waals surface area (Å²) in [5.74, 6) is 0. The highest BCUT2D eigenvalue weighted by atomic mass is 32.2. The van der Waals surface area contributed by atoms with Crippen LogP contribution in [0.15, 0.2) is 48.5 Å². The number of nitrogens with zero attached hydrogens (tertiary/aromatic N) is 1. The molecule has 0 radical (unpaired) electrons. The van der Waals surface area contributed by atoms with Gasteiger partial charge in [0, 0.05) is 36.7 Å². The normalized spacial score (nSPS) is 15.0. The van der Waals surface area contributed by atoms with Gasteiger partial charge >= 0.3 is 0 Å². The molecule has 1 aliphatic rings. The first-order valence-corrected chi connectivity index (χ1v) is 10.1. The zero-order valence-electron chi connectivity index (χ0n) is 14.2. The fourth-order valence-electron chi connectivity index (χ4n) is 2.77. The molecule has 1 heterocycles. The number of benzene rings is 2. The molecule has 2 aromatic carbocycles. The summed E-state index contributed by atoms with van der Waals surface area (Å²) in [6, 6.07) is 15.7. The van der Waals surface area contributed by atoms with Gasteiger partial charge in [-0.1, -0.05) is 12.1 Å². The molecular formula is C18H23N3O3S. The van der Waals surface area contributed by atoms with Crippen molar-refractivity contribution in [2.75, 3.05) is 47.5 Å². The molecule has 0 spiro atoms. The van der Waals surface area contributed by atoms with Crippen LogP contribution in [0, 0.1) is 0 Å². The number of rotatable bonds is 6. The summed E-state index contributed by atoms with van der Waals surface area (Å²) >= 11 is 0. The maximum absolute atomic E-state index is 11.3. The van der Waals surface area contributed by atoms with Crippen LogP contribution in [0.1, 0.15) is 5.56 Å². The summed E-state index contributed by atoms with van der Waals surface area (Å²) in [6.45, 7) is 4.02. The van der Waals surface area contributed by atoms with E-state index in [1.54, 1.807) is 6.07 Å². The van der Waals surface area contributed by atoms with Gasteiger partial charge in [0.05, 0.1) is 19.5 Å².